The molecule has 0 saturated carbocycles. The van der Waals surface area contributed by atoms with E-state index >= 15 is 0 Å². The van der Waals surface area contributed by atoms with Crippen LogP contribution in [0.25, 0.3) is 4.96 Å². The molecular weight excluding hydrogens is 280 g/mol. The second kappa shape index (κ2) is 4.93. The summed E-state index contributed by atoms with van der Waals surface area (Å²) in [6.07, 6.45) is 3.12. The predicted octanol–water partition coefficient (Wildman–Crippen LogP) is 2.01. The highest BCUT2D eigenvalue weighted by molar-refractivity contribution is 7.16. The van der Waals surface area contributed by atoms with Gasteiger partial charge in [0.1, 0.15) is 6.61 Å². The average Bonchev–Trinajstić information content (AvgIpc) is 3.04. The van der Waals surface area contributed by atoms with Crippen molar-refractivity contribution in [3.63, 3.8) is 0 Å². The number of thiazole rings is 1. The lowest BCUT2D eigenvalue weighted by Gasteiger charge is -2.02. The number of rotatable bonds is 3. The average molecular weight is 290 g/mol. The maximum Gasteiger partial charge on any atom is 0.374 e. The van der Waals surface area contributed by atoms with Gasteiger partial charge >= 0.3 is 5.97 Å². The van der Waals surface area contributed by atoms with E-state index < -0.39 is 5.97 Å². The first-order chi connectivity index (χ1) is 9.63. The van der Waals surface area contributed by atoms with E-state index in [1.165, 1.54) is 34.1 Å². The van der Waals surface area contributed by atoms with E-state index in [0.29, 0.717) is 10.7 Å². The van der Waals surface area contributed by atoms with Gasteiger partial charge in [0.05, 0.1) is 12.0 Å². The highest BCUT2D eigenvalue weighted by Crippen LogP contribution is 2.13. The lowest BCUT2D eigenvalue weighted by Crippen LogP contribution is -2.14. The molecule has 0 radical (unpaired) electrons. The zero-order valence-corrected chi connectivity index (χ0v) is 11.3. The monoisotopic (exact) mass is 290 g/mol. The van der Waals surface area contributed by atoms with Crippen LogP contribution in [0.4, 0.5) is 0 Å². The zero-order chi connectivity index (χ0) is 14.1. The smallest absolute Gasteiger partial charge is 0.374 e. The van der Waals surface area contributed by atoms with Gasteiger partial charge in [-0.25, -0.2) is 9.78 Å². The zero-order valence-electron chi connectivity index (χ0n) is 10.5. The number of esters is 1. The van der Waals surface area contributed by atoms with Crippen LogP contribution < -0.4 is 5.56 Å². The molecule has 102 valence electrons. The molecule has 0 saturated heterocycles. The molecule has 0 aliphatic carbocycles. The summed E-state index contributed by atoms with van der Waals surface area (Å²) in [5.41, 5.74) is 0.222. The fraction of sp³-hybridized carbons (Fsp3) is 0.154. The molecule has 3 aromatic heterocycles. The van der Waals surface area contributed by atoms with E-state index in [1.807, 2.05) is 6.92 Å². The van der Waals surface area contributed by atoms with Crippen molar-refractivity contribution in [3.8, 4) is 0 Å². The van der Waals surface area contributed by atoms with Crippen LogP contribution in [0.1, 0.15) is 21.1 Å². The minimum Gasteiger partial charge on any atom is -0.457 e. The van der Waals surface area contributed by atoms with Crippen molar-refractivity contribution in [1.82, 2.24) is 9.38 Å². The fourth-order valence-corrected chi connectivity index (χ4v) is 2.59. The molecule has 0 atom stereocenters. The maximum atomic E-state index is 11.9. The molecule has 3 heterocycles. The van der Waals surface area contributed by atoms with Crippen molar-refractivity contribution in [1.29, 1.82) is 0 Å². The summed E-state index contributed by atoms with van der Waals surface area (Å²) in [5.74, 6) is -0.464. The van der Waals surface area contributed by atoms with Gasteiger partial charge in [-0.05, 0) is 19.1 Å². The largest absolute Gasteiger partial charge is 0.457 e. The summed E-state index contributed by atoms with van der Waals surface area (Å²) < 4.78 is 11.4. The van der Waals surface area contributed by atoms with Crippen LogP contribution in [-0.2, 0) is 11.3 Å². The molecule has 7 heteroatoms. The highest BCUT2D eigenvalue weighted by Gasteiger charge is 2.12. The van der Waals surface area contributed by atoms with E-state index in [0.717, 1.165) is 4.88 Å². The van der Waals surface area contributed by atoms with Crippen LogP contribution in [0.15, 0.2) is 39.9 Å². The second-order valence-corrected chi connectivity index (χ2v) is 5.35. The lowest BCUT2D eigenvalue weighted by molar-refractivity contribution is 0.0431. The number of carbonyl (C=O) groups excluding carboxylic acids is 1. The van der Waals surface area contributed by atoms with Crippen molar-refractivity contribution in [2.75, 3.05) is 0 Å². The van der Waals surface area contributed by atoms with Crippen LogP contribution in [0.3, 0.4) is 0 Å². The van der Waals surface area contributed by atoms with Crippen molar-refractivity contribution in [2.24, 2.45) is 0 Å². The Morgan fingerprint density at radius 1 is 1.55 bits per heavy atom. The predicted molar refractivity (Wildman–Crippen MR) is 71.9 cm³/mol. The lowest BCUT2D eigenvalue weighted by atomic mass is 10.4. The number of furan rings is 1. The highest BCUT2D eigenvalue weighted by atomic mass is 32.1. The summed E-state index contributed by atoms with van der Waals surface area (Å²) in [6, 6.07) is 4.47. The molecule has 0 bridgehead atoms. The number of hydrogen-bond acceptors (Lipinski definition) is 6. The fourth-order valence-electron chi connectivity index (χ4n) is 1.74. The topological polar surface area (TPSA) is 73.8 Å². The first kappa shape index (κ1) is 12.6. The summed E-state index contributed by atoms with van der Waals surface area (Å²) in [5, 5.41) is 0. The Morgan fingerprint density at radius 3 is 3.15 bits per heavy atom. The molecule has 0 aliphatic heterocycles. The van der Waals surface area contributed by atoms with E-state index in [1.54, 1.807) is 12.3 Å². The van der Waals surface area contributed by atoms with E-state index in [4.69, 9.17) is 9.15 Å². The van der Waals surface area contributed by atoms with Crippen molar-refractivity contribution < 1.29 is 13.9 Å². The Balaban J connectivity index is 1.81. The molecule has 3 aromatic rings. The molecule has 6 nitrogen and oxygen atoms in total. The number of aromatic nitrogens is 2. The van der Waals surface area contributed by atoms with Gasteiger partial charge in [-0.2, -0.15) is 0 Å². The molecule has 0 fully saturated rings. The minimum atomic E-state index is -0.584. The van der Waals surface area contributed by atoms with Crippen molar-refractivity contribution in [3.05, 3.63) is 57.3 Å². The molecule has 0 N–H and O–H groups in total. The molecule has 0 unspecified atom stereocenters. The van der Waals surface area contributed by atoms with Crippen molar-refractivity contribution >= 4 is 22.3 Å². The third kappa shape index (κ3) is 2.35. The van der Waals surface area contributed by atoms with E-state index in [2.05, 4.69) is 4.98 Å². The first-order valence-electron chi connectivity index (χ1n) is 5.83. The number of ether oxygens (including phenoxy) is 1. The molecule has 3 rings (SSSR count). The Bertz CT molecular complexity index is 817. The molecule has 20 heavy (non-hydrogen) atoms. The van der Waals surface area contributed by atoms with Crippen LogP contribution in [0, 0.1) is 6.92 Å². The van der Waals surface area contributed by atoms with Gasteiger partial charge in [-0.15, -0.1) is 11.3 Å². The third-order valence-electron chi connectivity index (χ3n) is 2.61. The van der Waals surface area contributed by atoms with Gasteiger partial charge in [0.15, 0.2) is 4.96 Å². The van der Waals surface area contributed by atoms with Crippen LogP contribution >= 0.6 is 11.3 Å². The summed E-state index contributed by atoms with van der Waals surface area (Å²) in [4.78, 5) is 29.3. The third-order valence-corrected chi connectivity index (χ3v) is 3.51. The quantitative estimate of drug-likeness (QED) is 0.690. The maximum absolute atomic E-state index is 11.9. The van der Waals surface area contributed by atoms with Gasteiger partial charge in [0, 0.05) is 17.1 Å². The van der Waals surface area contributed by atoms with Gasteiger partial charge in [0.2, 0.25) is 5.76 Å². The van der Waals surface area contributed by atoms with Gasteiger partial charge in [-0.1, -0.05) is 0 Å². The first-order valence-corrected chi connectivity index (χ1v) is 6.64. The van der Waals surface area contributed by atoms with Crippen LogP contribution in [0.2, 0.25) is 0 Å². The molecule has 0 spiro atoms. The molecular formula is C13H10N2O4S. The van der Waals surface area contributed by atoms with Crippen LogP contribution in [-0.4, -0.2) is 15.4 Å². The van der Waals surface area contributed by atoms with Crippen molar-refractivity contribution in [2.45, 2.75) is 13.5 Å². The Kier molecular flexibility index (Phi) is 3.11. The molecule has 0 aliphatic rings. The summed E-state index contributed by atoms with van der Waals surface area (Å²) in [7, 11) is 0. The van der Waals surface area contributed by atoms with Gasteiger partial charge in [0.25, 0.3) is 5.56 Å². The van der Waals surface area contributed by atoms with Crippen LogP contribution in [0.5, 0.6) is 0 Å². The molecule has 0 aromatic carbocycles. The summed E-state index contributed by atoms with van der Waals surface area (Å²) >= 11 is 1.41. The minimum absolute atomic E-state index is 0.0672. The number of fused-ring (bicyclic) bond motifs is 1. The number of carbonyl (C=O) groups is 1. The normalized spacial score (nSPS) is 10.8. The molecule has 0 amide bonds. The van der Waals surface area contributed by atoms with Gasteiger partial charge < -0.3 is 9.15 Å². The number of aryl methyl sites for hydroxylation is 1. The summed E-state index contributed by atoms with van der Waals surface area (Å²) in [6.45, 7) is 1.83. The number of hydrogen-bond donors (Lipinski definition) is 0. The second-order valence-electron chi connectivity index (χ2n) is 4.13. The number of nitrogens with zero attached hydrogens (tertiary/aromatic N) is 2. The standard InChI is InChI=1S/C13H10N2O4S/c1-8-6-15-11(16)5-9(14-13(15)20-8)7-19-12(17)10-3-2-4-18-10/h2-6H,7H2,1H3. The Labute approximate surface area is 117 Å². The van der Waals surface area contributed by atoms with E-state index in [-0.39, 0.29) is 17.9 Å². The Hall–Kier alpha value is -2.41. The SMILES string of the molecule is Cc1cn2c(=O)cc(COC(=O)c3ccco3)nc2s1. The Morgan fingerprint density at radius 2 is 2.40 bits per heavy atom. The van der Waals surface area contributed by atoms with E-state index in [9.17, 15) is 9.59 Å². The van der Waals surface area contributed by atoms with Gasteiger partial charge in [-0.3, -0.25) is 9.20 Å².